The number of carbonyl (C=O) groups is 1. The van der Waals surface area contributed by atoms with Crippen molar-refractivity contribution in [2.75, 3.05) is 10.7 Å². The maximum absolute atomic E-state index is 12.5. The van der Waals surface area contributed by atoms with Gasteiger partial charge < -0.3 is 4.90 Å². The fourth-order valence-electron chi connectivity index (χ4n) is 2.37. The molecule has 1 aliphatic rings. The predicted molar refractivity (Wildman–Crippen MR) is 84.9 cm³/mol. The van der Waals surface area contributed by atoms with Gasteiger partial charge in [0.2, 0.25) is 5.91 Å². The molecule has 1 atom stereocenters. The number of amides is 1. The number of hydrogen-bond donors (Lipinski definition) is 0. The Hall–Kier alpha value is -1.62. The fourth-order valence-corrected chi connectivity index (χ4v) is 3.64. The molecule has 1 amide bonds. The molecule has 0 radical (unpaired) electrons. The molecule has 0 aromatic heterocycles. The van der Waals surface area contributed by atoms with Gasteiger partial charge in [-0.1, -0.05) is 32.9 Å². The Balaban J connectivity index is 2.37. The smallest absolute Gasteiger partial charge is 0.230 e. The Kier molecular flexibility index (Phi) is 4.52. The van der Waals surface area contributed by atoms with E-state index in [9.17, 15) is 13.2 Å². The number of benzene rings is 1. The zero-order valence-corrected chi connectivity index (χ0v) is 13.4. The van der Waals surface area contributed by atoms with Crippen LogP contribution in [0.2, 0.25) is 0 Å². The topological polar surface area (TPSA) is 54.5 Å². The summed E-state index contributed by atoms with van der Waals surface area (Å²) in [5.41, 5.74) is 1.93. The molecule has 0 bridgehead atoms. The lowest BCUT2D eigenvalue weighted by atomic mass is 10.1. The zero-order chi connectivity index (χ0) is 15.6. The van der Waals surface area contributed by atoms with Crippen LogP contribution in [0.25, 0.3) is 0 Å². The molecule has 1 unspecified atom stereocenters. The average Bonchev–Trinajstić information content (AvgIpc) is 2.79. The van der Waals surface area contributed by atoms with E-state index in [0.29, 0.717) is 0 Å². The van der Waals surface area contributed by atoms with Crippen molar-refractivity contribution in [2.24, 2.45) is 5.92 Å². The van der Waals surface area contributed by atoms with Gasteiger partial charge in [0.1, 0.15) is 0 Å². The van der Waals surface area contributed by atoms with Crippen LogP contribution in [0.1, 0.15) is 26.3 Å². The summed E-state index contributed by atoms with van der Waals surface area (Å²) in [5.74, 6) is -0.292. The van der Waals surface area contributed by atoms with E-state index in [1.54, 1.807) is 11.0 Å². The summed E-state index contributed by atoms with van der Waals surface area (Å²) in [4.78, 5) is 14.1. The van der Waals surface area contributed by atoms with Gasteiger partial charge in [-0.2, -0.15) is 0 Å². The first-order valence-corrected chi connectivity index (χ1v) is 8.88. The highest BCUT2D eigenvalue weighted by Gasteiger charge is 2.32. The van der Waals surface area contributed by atoms with E-state index >= 15 is 0 Å². The molecule has 0 spiro atoms. The van der Waals surface area contributed by atoms with E-state index < -0.39 is 15.9 Å². The minimum absolute atomic E-state index is 0.0407. The summed E-state index contributed by atoms with van der Waals surface area (Å²) in [5, 5.41) is 1.21. The van der Waals surface area contributed by atoms with Crippen molar-refractivity contribution < 1.29 is 13.2 Å². The lowest BCUT2D eigenvalue weighted by Gasteiger charge is -2.29. The molecule has 0 fully saturated rings. The Bertz CT molecular complexity index is 645. The van der Waals surface area contributed by atoms with Crippen molar-refractivity contribution in [3.8, 4) is 0 Å². The fraction of sp³-hybridized carbons (Fsp3) is 0.438. The molecule has 4 nitrogen and oxygen atoms in total. The number of hydrogen-bond acceptors (Lipinski definition) is 3. The van der Waals surface area contributed by atoms with Crippen LogP contribution in [0, 0.1) is 5.92 Å². The predicted octanol–water partition coefficient (Wildman–Crippen LogP) is 2.55. The van der Waals surface area contributed by atoms with Crippen molar-refractivity contribution in [1.29, 1.82) is 0 Å². The van der Waals surface area contributed by atoms with Crippen molar-refractivity contribution in [2.45, 2.75) is 33.2 Å². The Morgan fingerprint density at radius 3 is 2.33 bits per heavy atom. The van der Waals surface area contributed by atoms with Gasteiger partial charge in [-0.05, 0) is 30.2 Å². The van der Waals surface area contributed by atoms with Crippen molar-refractivity contribution in [1.82, 2.24) is 0 Å². The number of nitrogens with zero attached hydrogens (tertiary/aromatic N) is 1. The van der Waals surface area contributed by atoms with Crippen molar-refractivity contribution >= 4 is 21.4 Å². The summed E-state index contributed by atoms with van der Waals surface area (Å²) in [6, 6.07) is 7.31. The van der Waals surface area contributed by atoms with Crippen LogP contribution >= 0.6 is 0 Å². The van der Waals surface area contributed by atoms with Gasteiger partial charge in [0, 0.05) is 17.0 Å². The first-order chi connectivity index (χ1) is 9.84. The van der Waals surface area contributed by atoms with Crippen LogP contribution in [0.15, 0.2) is 35.7 Å². The number of rotatable bonds is 4. The largest absolute Gasteiger partial charge is 0.304 e. The first kappa shape index (κ1) is 15.8. The summed E-state index contributed by atoms with van der Waals surface area (Å²) < 4.78 is 23.3. The van der Waals surface area contributed by atoms with Gasteiger partial charge >= 0.3 is 0 Å². The lowest BCUT2D eigenvalue weighted by Crippen LogP contribution is -2.43. The molecule has 2 rings (SSSR count). The number of aryl methyl sites for hydroxylation is 1. The molecule has 1 aromatic carbocycles. The van der Waals surface area contributed by atoms with Crippen LogP contribution in [0.4, 0.5) is 5.69 Å². The van der Waals surface area contributed by atoms with E-state index in [4.69, 9.17) is 0 Å². The highest BCUT2D eigenvalue weighted by atomic mass is 32.2. The van der Waals surface area contributed by atoms with Crippen LogP contribution in [0.3, 0.4) is 0 Å². The highest BCUT2D eigenvalue weighted by Crippen LogP contribution is 2.25. The van der Waals surface area contributed by atoms with Gasteiger partial charge in [-0.3, -0.25) is 4.79 Å². The molecular weight excluding hydrogens is 286 g/mol. The first-order valence-electron chi connectivity index (χ1n) is 7.17. The van der Waals surface area contributed by atoms with Gasteiger partial charge in [-0.25, -0.2) is 8.42 Å². The molecule has 1 heterocycles. The Morgan fingerprint density at radius 2 is 1.90 bits per heavy atom. The third-order valence-corrected chi connectivity index (χ3v) is 4.97. The van der Waals surface area contributed by atoms with E-state index in [-0.39, 0.29) is 17.6 Å². The van der Waals surface area contributed by atoms with Crippen LogP contribution in [0.5, 0.6) is 0 Å². The Labute approximate surface area is 126 Å². The SMILES string of the molecule is CCc1ccc(N(C(=O)C(C)C)C2C=CS(=O)(=O)C2)cc1. The molecular formula is C16H21NO3S. The quantitative estimate of drug-likeness (QED) is 0.859. The summed E-state index contributed by atoms with van der Waals surface area (Å²) in [7, 11) is -3.19. The lowest BCUT2D eigenvalue weighted by molar-refractivity contribution is -0.121. The monoisotopic (exact) mass is 307 g/mol. The maximum Gasteiger partial charge on any atom is 0.230 e. The standard InChI is InChI=1S/C16H21NO3S/c1-4-13-5-7-14(8-6-13)17(16(18)12(2)3)15-9-10-21(19,20)11-15/h5-10,12,15H,4,11H2,1-3H3. The molecule has 5 heteroatoms. The summed E-state index contributed by atoms with van der Waals surface area (Å²) in [6.07, 6.45) is 2.53. The molecule has 0 saturated carbocycles. The minimum atomic E-state index is -3.19. The second-order valence-electron chi connectivity index (χ2n) is 5.61. The van der Waals surface area contributed by atoms with E-state index in [1.807, 2.05) is 38.1 Å². The molecule has 1 aromatic rings. The summed E-state index contributed by atoms with van der Waals surface area (Å²) in [6.45, 7) is 5.71. The van der Waals surface area contributed by atoms with Crippen LogP contribution < -0.4 is 4.90 Å². The third kappa shape index (κ3) is 3.53. The maximum atomic E-state index is 12.5. The molecule has 1 aliphatic heterocycles. The van der Waals surface area contributed by atoms with Crippen LogP contribution in [-0.4, -0.2) is 26.1 Å². The second-order valence-corrected chi connectivity index (χ2v) is 7.54. The van der Waals surface area contributed by atoms with Gasteiger partial charge in [-0.15, -0.1) is 0 Å². The third-order valence-electron chi connectivity index (χ3n) is 3.60. The summed E-state index contributed by atoms with van der Waals surface area (Å²) >= 11 is 0. The molecule has 114 valence electrons. The van der Waals surface area contributed by atoms with E-state index in [2.05, 4.69) is 6.92 Å². The second kappa shape index (κ2) is 6.02. The van der Waals surface area contributed by atoms with Gasteiger partial charge in [0.15, 0.2) is 9.84 Å². The normalized spacial score (nSPS) is 19.9. The minimum Gasteiger partial charge on any atom is -0.304 e. The Morgan fingerprint density at radius 1 is 1.29 bits per heavy atom. The number of anilines is 1. The van der Waals surface area contributed by atoms with E-state index in [1.165, 1.54) is 11.0 Å². The molecule has 0 N–H and O–H groups in total. The van der Waals surface area contributed by atoms with Crippen LogP contribution in [-0.2, 0) is 21.1 Å². The van der Waals surface area contributed by atoms with Gasteiger partial charge in [0.25, 0.3) is 0 Å². The van der Waals surface area contributed by atoms with E-state index in [0.717, 1.165) is 12.1 Å². The molecule has 0 aliphatic carbocycles. The van der Waals surface area contributed by atoms with Crippen molar-refractivity contribution in [3.63, 3.8) is 0 Å². The zero-order valence-electron chi connectivity index (χ0n) is 12.6. The molecule has 21 heavy (non-hydrogen) atoms. The number of carbonyl (C=O) groups excluding carboxylic acids is 1. The highest BCUT2D eigenvalue weighted by molar-refractivity contribution is 7.94. The molecule has 0 saturated heterocycles. The van der Waals surface area contributed by atoms with Crippen molar-refractivity contribution in [3.05, 3.63) is 41.3 Å². The van der Waals surface area contributed by atoms with Gasteiger partial charge in [0.05, 0.1) is 11.8 Å². The average molecular weight is 307 g/mol. The number of sulfone groups is 1.